The molecule has 0 heterocycles. The zero-order valence-electron chi connectivity index (χ0n) is 13.4. The lowest BCUT2D eigenvalue weighted by Gasteiger charge is -2.10. The molecule has 2 N–H and O–H groups in total. The van der Waals surface area contributed by atoms with Gasteiger partial charge in [0, 0.05) is 12.7 Å². The van der Waals surface area contributed by atoms with Gasteiger partial charge in [0.05, 0.1) is 11.3 Å². The summed E-state index contributed by atoms with van der Waals surface area (Å²) in [5.41, 5.74) is 3.25. The summed E-state index contributed by atoms with van der Waals surface area (Å²) in [6, 6.07) is 11.8. The molecule has 122 valence electrons. The first kappa shape index (κ1) is 17.0. The van der Waals surface area contributed by atoms with Crippen LogP contribution >= 0.6 is 0 Å². The predicted molar refractivity (Wildman–Crippen MR) is 90.9 cm³/mol. The molecule has 0 aliphatic rings. The summed E-state index contributed by atoms with van der Waals surface area (Å²) in [5.74, 6) is -0.0894. The van der Waals surface area contributed by atoms with Crippen LogP contribution in [0.3, 0.4) is 0 Å². The molecule has 2 aromatic rings. The van der Waals surface area contributed by atoms with Crippen molar-refractivity contribution in [1.82, 2.24) is 5.32 Å². The van der Waals surface area contributed by atoms with E-state index < -0.39 is 10.0 Å². The molecule has 6 heteroatoms. The highest BCUT2D eigenvalue weighted by molar-refractivity contribution is 7.92. The van der Waals surface area contributed by atoms with Crippen LogP contribution in [0.4, 0.5) is 5.69 Å². The minimum atomic E-state index is -3.62. The first-order valence-corrected chi connectivity index (χ1v) is 8.70. The average Bonchev–Trinajstić information content (AvgIpc) is 2.51. The highest BCUT2D eigenvalue weighted by Crippen LogP contribution is 2.19. The average molecular weight is 332 g/mol. The minimum Gasteiger partial charge on any atom is -0.359 e. The summed E-state index contributed by atoms with van der Waals surface area (Å²) < 4.78 is 27.3. The number of nitrogens with one attached hydrogen (secondary N) is 2. The van der Waals surface area contributed by atoms with Crippen LogP contribution in [-0.2, 0) is 21.2 Å². The van der Waals surface area contributed by atoms with Gasteiger partial charge in [-0.3, -0.25) is 9.52 Å². The first-order chi connectivity index (χ1) is 10.8. The van der Waals surface area contributed by atoms with Crippen molar-refractivity contribution in [3.63, 3.8) is 0 Å². The smallest absolute Gasteiger partial charge is 0.261 e. The summed E-state index contributed by atoms with van der Waals surface area (Å²) in [7, 11) is -2.04. The molecule has 5 nitrogen and oxygen atoms in total. The number of carbonyl (C=O) groups excluding carboxylic acids is 1. The predicted octanol–water partition coefficient (Wildman–Crippen LogP) is 2.39. The van der Waals surface area contributed by atoms with Gasteiger partial charge in [0.1, 0.15) is 0 Å². The summed E-state index contributed by atoms with van der Waals surface area (Å²) in [4.78, 5) is 11.5. The van der Waals surface area contributed by atoms with Crippen LogP contribution in [-0.4, -0.2) is 21.4 Å². The molecule has 0 fully saturated rings. The quantitative estimate of drug-likeness (QED) is 0.883. The van der Waals surface area contributed by atoms with Crippen molar-refractivity contribution >= 4 is 21.6 Å². The fourth-order valence-corrected chi connectivity index (χ4v) is 3.20. The van der Waals surface area contributed by atoms with E-state index in [0.717, 1.165) is 16.7 Å². The largest absolute Gasteiger partial charge is 0.359 e. The van der Waals surface area contributed by atoms with Crippen molar-refractivity contribution in [1.29, 1.82) is 0 Å². The van der Waals surface area contributed by atoms with Gasteiger partial charge in [-0.15, -0.1) is 0 Å². The number of rotatable bonds is 5. The number of aryl methyl sites for hydroxylation is 2. The third-order valence-corrected chi connectivity index (χ3v) is 5.02. The first-order valence-electron chi connectivity index (χ1n) is 7.21. The molecule has 0 aliphatic carbocycles. The van der Waals surface area contributed by atoms with Gasteiger partial charge < -0.3 is 5.32 Å². The number of sulfonamides is 1. The number of carbonyl (C=O) groups is 1. The Hall–Kier alpha value is -2.34. The molecule has 0 radical (unpaired) electrons. The van der Waals surface area contributed by atoms with E-state index in [-0.39, 0.29) is 17.2 Å². The molecule has 0 saturated heterocycles. The van der Waals surface area contributed by atoms with Crippen molar-refractivity contribution in [3.05, 3.63) is 59.2 Å². The Labute approximate surface area is 136 Å². The van der Waals surface area contributed by atoms with Crippen LogP contribution in [0.25, 0.3) is 0 Å². The number of amides is 1. The van der Waals surface area contributed by atoms with E-state index in [4.69, 9.17) is 0 Å². The lowest BCUT2D eigenvalue weighted by Crippen LogP contribution is -2.19. The SMILES string of the molecule is CNC(=O)Cc1ccc(NS(=O)(=O)c2ccc(C)c(C)c2)cc1. The molecule has 0 bridgehead atoms. The molecule has 1 amide bonds. The Morgan fingerprint density at radius 1 is 1.00 bits per heavy atom. The molecular formula is C17H20N2O3S. The van der Waals surface area contributed by atoms with Crippen LogP contribution in [0.1, 0.15) is 16.7 Å². The van der Waals surface area contributed by atoms with Gasteiger partial charge in [0.15, 0.2) is 0 Å². The van der Waals surface area contributed by atoms with Crippen molar-refractivity contribution in [2.45, 2.75) is 25.2 Å². The lowest BCUT2D eigenvalue weighted by atomic mass is 10.1. The molecule has 0 aliphatic heterocycles. The highest BCUT2D eigenvalue weighted by Gasteiger charge is 2.14. The summed E-state index contributed by atoms with van der Waals surface area (Å²) in [6.45, 7) is 3.81. The number of hydrogen-bond donors (Lipinski definition) is 2. The molecule has 23 heavy (non-hydrogen) atoms. The topological polar surface area (TPSA) is 75.3 Å². The van der Waals surface area contributed by atoms with Crippen molar-refractivity contribution in [2.75, 3.05) is 11.8 Å². The molecule has 0 spiro atoms. The second kappa shape index (κ2) is 6.83. The Morgan fingerprint density at radius 3 is 2.22 bits per heavy atom. The zero-order chi connectivity index (χ0) is 17.0. The normalized spacial score (nSPS) is 11.1. The fraction of sp³-hybridized carbons (Fsp3) is 0.235. The van der Waals surface area contributed by atoms with Gasteiger partial charge in [0.25, 0.3) is 10.0 Å². The third kappa shape index (κ3) is 4.32. The van der Waals surface area contributed by atoms with Gasteiger partial charge >= 0.3 is 0 Å². The second-order valence-corrected chi connectivity index (χ2v) is 7.08. The van der Waals surface area contributed by atoms with Crippen molar-refractivity contribution in [2.24, 2.45) is 0 Å². The second-order valence-electron chi connectivity index (χ2n) is 5.40. The monoisotopic (exact) mass is 332 g/mol. The highest BCUT2D eigenvalue weighted by atomic mass is 32.2. The Kier molecular flexibility index (Phi) is 5.05. The Bertz CT molecular complexity index is 812. The summed E-state index contributed by atoms with van der Waals surface area (Å²) >= 11 is 0. The standard InChI is InChI=1S/C17H20N2O3S/c1-12-4-9-16(10-13(12)2)23(21,22)19-15-7-5-14(6-8-15)11-17(20)18-3/h4-10,19H,11H2,1-3H3,(H,18,20). The number of anilines is 1. The maximum atomic E-state index is 12.4. The van der Waals surface area contributed by atoms with E-state index in [0.29, 0.717) is 5.69 Å². The van der Waals surface area contributed by atoms with Crippen molar-refractivity contribution in [3.8, 4) is 0 Å². The third-order valence-electron chi connectivity index (χ3n) is 3.64. The number of hydrogen-bond acceptors (Lipinski definition) is 3. The van der Waals surface area contributed by atoms with E-state index in [1.54, 1.807) is 49.5 Å². The van der Waals surface area contributed by atoms with E-state index in [9.17, 15) is 13.2 Å². The molecule has 0 saturated carbocycles. The fourth-order valence-electron chi connectivity index (χ4n) is 2.06. The Balaban J connectivity index is 2.17. The van der Waals surface area contributed by atoms with Gasteiger partial charge in [-0.05, 0) is 54.8 Å². The number of likely N-dealkylation sites (N-methyl/N-ethyl adjacent to an activating group) is 1. The van der Waals surface area contributed by atoms with Crippen LogP contribution in [0.2, 0.25) is 0 Å². The molecule has 0 atom stereocenters. The van der Waals surface area contributed by atoms with E-state index in [1.165, 1.54) is 0 Å². The van der Waals surface area contributed by atoms with Crippen LogP contribution in [0.15, 0.2) is 47.4 Å². The molecule has 2 rings (SSSR count). The van der Waals surface area contributed by atoms with Crippen molar-refractivity contribution < 1.29 is 13.2 Å². The molecule has 0 unspecified atom stereocenters. The summed E-state index contributed by atoms with van der Waals surface area (Å²) in [6.07, 6.45) is 0.265. The molecular weight excluding hydrogens is 312 g/mol. The van der Waals surface area contributed by atoms with E-state index in [2.05, 4.69) is 10.0 Å². The van der Waals surface area contributed by atoms with Crippen LogP contribution < -0.4 is 10.0 Å². The van der Waals surface area contributed by atoms with E-state index in [1.807, 2.05) is 13.8 Å². The molecule has 0 aromatic heterocycles. The lowest BCUT2D eigenvalue weighted by molar-refractivity contribution is -0.119. The molecule has 2 aromatic carbocycles. The van der Waals surface area contributed by atoms with Crippen LogP contribution in [0, 0.1) is 13.8 Å². The summed E-state index contributed by atoms with van der Waals surface area (Å²) in [5, 5.41) is 2.55. The van der Waals surface area contributed by atoms with Gasteiger partial charge in [-0.1, -0.05) is 18.2 Å². The minimum absolute atomic E-state index is 0.0894. The van der Waals surface area contributed by atoms with E-state index >= 15 is 0 Å². The van der Waals surface area contributed by atoms with Gasteiger partial charge in [-0.25, -0.2) is 8.42 Å². The maximum absolute atomic E-state index is 12.4. The number of benzene rings is 2. The zero-order valence-corrected chi connectivity index (χ0v) is 14.2. The van der Waals surface area contributed by atoms with Crippen LogP contribution in [0.5, 0.6) is 0 Å². The Morgan fingerprint density at radius 2 is 1.65 bits per heavy atom. The van der Waals surface area contributed by atoms with Gasteiger partial charge in [0.2, 0.25) is 5.91 Å². The van der Waals surface area contributed by atoms with Gasteiger partial charge in [-0.2, -0.15) is 0 Å². The maximum Gasteiger partial charge on any atom is 0.261 e.